The van der Waals surface area contributed by atoms with Crippen molar-refractivity contribution in [2.75, 3.05) is 5.32 Å². The minimum absolute atomic E-state index is 0.0780. The van der Waals surface area contributed by atoms with Gasteiger partial charge in [-0.3, -0.25) is 4.79 Å². The van der Waals surface area contributed by atoms with E-state index in [0.29, 0.717) is 23.7 Å². The Labute approximate surface area is 124 Å². The molecule has 0 aliphatic heterocycles. The zero-order valence-corrected chi connectivity index (χ0v) is 12.3. The predicted molar refractivity (Wildman–Crippen MR) is 80.8 cm³/mol. The summed E-state index contributed by atoms with van der Waals surface area (Å²) in [6.07, 6.45) is 7.32. The first-order chi connectivity index (χ1) is 10.1. The van der Waals surface area contributed by atoms with Gasteiger partial charge in [-0.1, -0.05) is 26.7 Å². The molecule has 0 bridgehead atoms. The first-order valence-corrected chi connectivity index (χ1v) is 7.18. The van der Waals surface area contributed by atoms with Gasteiger partial charge in [-0.25, -0.2) is 9.37 Å². The van der Waals surface area contributed by atoms with Gasteiger partial charge in [-0.15, -0.1) is 0 Å². The van der Waals surface area contributed by atoms with E-state index < -0.39 is 5.82 Å². The minimum atomic E-state index is -0.396. The molecule has 1 aromatic carbocycles. The normalized spacial score (nSPS) is 12.1. The average Bonchev–Trinajstić information content (AvgIpc) is 2.92. The Morgan fingerprint density at radius 2 is 2.29 bits per heavy atom. The number of halogens is 1. The minimum Gasteiger partial charge on any atom is -0.326 e. The van der Waals surface area contributed by atoms with E-state index in [0.717, 1.165) is 12.8 Å². The number of imidazole rings is 1. The number of anilines is 1. The molecule has 2 rings (SSSR count). The van der Waals surface area contributed by atoms with Crippen LogP contribution >= 0.6 is 0 Å². The molecule has 5 heteroatoms. The number of carbonyl (C=O) groups is 1. The summed E-state index contributed by atoms with van der Waals surface area (Å²) in [5, 5.41) is 2.74. The Hall–Kier alpha value is -2.17. The first-order valence-electron chi connectivity index (χ1n) is 7.18. The number of benzene rings is 1. The molecule has 4 nitrogen and oxygen atoms in total. The highest BCUT2D eigenvalue weighted by atomic mass is 19.1. The van der Waals surface area contributed by atoms with E-state index >= 15 is 0 Å². The SMILES string of the molecule is CCCC(C)CC(=O)Nc1ccc(-n2ccnc2)c(F)c1. The molecule has 112 valence electrons. The van der Waals surface area contributed by atoms with Crippen LogP contribution in [0.1, 0.15) is 33.1 Å². The molecule has 0 aliphatic rings. The van der Waals surface area contributed by atoms with Gasteiger partial charge in [0.15, 0.2) is 0 Å². The molecule has 0 radical (unpaired) electrons. The molecule has 1 heterocycles. The van der Waals surface area contributed by atoms with Crippen LogP contribution in [-0.4, -0.2) is 15.5 Å². The van der Waals surface area contributed by atoms with Gasteiger partial charge in [0.2, 0.25) is 5.91 Å². The van der Waals surface area contributed by atoms with E-state index in [2.05, 4.69) is 17.2 Å². The molecule has 0 saturated carbocycles. The molecule has 0 spiro atoms. The second-order valence-electron chi connectivity index (χ2n) is 5.28. The van der Waals surface area contributed by atoms with Gasteiger partial charge < -0.3 is 9.88 Å². The number of rotatable bonds is 6. The van der Waals surface area contributed by atoms with Crippen molar-refractivity contribution in [1.29, 1.82) is 0 Å². The Bertz CT molecular complexity index is 596. The fourth-order valence-electron chi connectivity index (χ4n) is 2.32. The van der Waals surface area contributed by atoms with Crippen LogP contribution in [0.3, 0.4) is 0 Å². The predicted octanol–water partition coefficient (Wildman–Crippen LogP) is 3.78. The van der Waals surface area contributed by atoms with Crippen molar-refractivity contribution in [3.05, 3.63) is 42.7 Å². The molecule has 2 aromatic rings. The highest BCUT2D eigenvalue weighted by molar-refractivity contribution is 5.90. The Morgan fingerprint density at radius 3 is 2.90 bits per heavy atom. The number of hydrogen-bond donors (Lipinski definition) is 1. The molecule has 1 N–H and O–H groups in total. The van der Waals surface area contributed by atoms with Crippen molar-refractivity contribution >= 4 is 11.6 Å². The Kier molecular flexibility index (Phi) is 5.09. The smallest absolute Gasteiger partial charge is 0.224 e. The molecule has 1 aromatic heterocycles. The zero-order chi connectivity index (χ0) is 15.2. The second kappa shape index (κ2) is 7.02. The maximum absolute atomic E-state index is 14.0. The van der Waals surface area contributed by atoms with Crippen molar-refractivity contribution < 1.29 is 9.18 Å². The van der Waals surface area contributed by atoms with Crippen LogP contribution in [0, 0.1) is 11.7 Å². The lowest BCUT2D eigenvalue weighted by molar-refractivity contribution is -0.117. The van der Waals surface area contributed by atoms with Crippen LogP contribution < -0.4 is 5.32 Å². The number of carbonyl (C=O) groups excluding carboxylic acids is 1. The van der Waals surface area contributed by atoms with Gasteiger partial charge in [-0.05, 0) is 24.1 Å². The van der Waals surface area contributed by atoms with E-state index in [1.54, 1.807) is 29.1 Å². The highest BCUT2D eigenvalue weighted by Crippen LogP contribution is 2.19. The lowest BCUT2D eigenvalue weighted by Gasteiger charge is -2.11. The van der Waals surface area contributed by atoms with Crippen molar-refractivity contribution in [3.8, 4) is 5.69 Å². The van der Waals surface area contributed by atoms with Gasteiger partial charge in [0.05, 0.1) is 12.0 Å². The van der Waals surface area contributed by atoms with Gasteiger partial charge in [0, 0.05) is 24.5 Å². The standard InChI is InChI=1S/C16H20FN3O/c1-3-4-12(2)9-16(21)19-13-5-6-15(14(17)10-13)20-8-7-18-11-20/h5-8,10-12H,3-4,9H2,1-2H3,(H,19,21). The lowest BCUT2D eigenvalue weighted by atomic mass is 10.0. The molecule has 1 amide bonds. The number of nitrogens with zero attached hydrogens (tertiary/aromatic N) is 2. The summed E-state index contributed by atoms with van der Waals surface area (Å²) in [5.74, 6) is -0.136. The van der Waals surface area contributed by atoms with Crippen LogP contribution in [-0.2, 0) is 4.79 Å². The summed E-state index contributed by atoms with van der Waals surface area (Å²) in [4.78, 5) is 15.8. The van der Waals surface area contributed by atoms with Crippen molar-refractivity contribution in [3.63, 3.8) is 0 Å². The summed E-state index contributed by atoms with van der Waals surface area (Å²) < 4.78 is 15.6. The van der Waals surface area contributed by atoms with Crippen molar-refractivity contribution in [2.24, 2.45) is 5.92 Å². The van der Waals surface area contributed by atoms with Gasteiger partial charge in [0.1, 0.15) is 5.82 Å². The van der Waals surface area contributed by atoms with E-state index in [9.17, 15) is 9.18 Å². The highest BCUT2D eigenvalue weighted by Gasteiger charge is 2.10. The molecule has 1 atom stereocenters. The number of hydrogen-bond acceptors (Lipinski definition) is 2. The lowest BCUT2D eigenvalue weighted by Crippen LogP contribution is -2.15. The summed E-state index contributed by atoms with van der Waals surface area (Å²) in [7, 11) is 0. The van der Waals surface area contributed by atoms with Crippen LogP contribution in [0.2, 0.25) is 0 Å². The van der Waals surface area contributed by atoms with Crippen LogP contribution in [0.4, 0.5) is 10.1 Å². The zero-order valence-electron chi connectivity index (χ0n) is 12.3. The van der Waals surface area contributed by atoms with E-state index in [4.69, 9.17) is 0 Å². The first kappa shape index (κ1) is 15.2. The van der Waals surface area contributed by atoms with E-state index in [1.807, 2.05) is 6.92 Å². The third-order valence-corrected chi connectivity index (χ3v) is 3.33. The molecule has 0 fully saturated rings. The van der Waals surface area contributed by atoms with Gasteiger partial charge in [0.25, 0.3) is 0 Å². The largest absolute Gasteiger partial charge is 0.326 e. The molecular formula is C16H20FN3O. The quantitative estimate of drug-likeness (QED) is 0.879. The summed E-state index contributed by atoms with van der Waals surface area (Å²) in [5.41, 5.74) is 0.884. The molecular weight excluding hydrogens is 269 g/mol. The fraction of sp³-hybridized carbons (Fsp3) is 0.375. The number of aromatic nitrogens is 2. The monoisotopic (exact) mass is 289 g/mol. The molecule has 0 aliphatic carbocycles. The average molecular weight is 289 g/mol. The number of amides is 1. The Balaban J connectivity index is 2.02. The van der Waals surface area contributed by atoms with Crippen LogP contribution in [0.25, 0.3) is 5.69 Å². The second-order valence-corrected chi connectivity index (χ2v) is 5.28. The topological polar surface area (TPSA) is 46.9 Å². The van der Waals surface area contributed by atoms with Crippen LogP contribution in [0.15, 0.2) is 36.9 Å². The van der Waals surface area contributed by atoms with E-state index in [1.165, 1.54) is 12.4 Å². The van der Waals surface area contributed by atoms with E-state index in [-0.39, 0.29) is 5.91 Å². The molecule has 0 saturated heterocycles. The third kappa shape index (κ3) is 4.15. The van der Waals surface area contributed by atoms with Crippen molar-refractivity contribution in [1.82, 2.24) is 9.55 Å². The number of nitrogens with one attached hydrogen (secondary N) is 1. The molecule has 1 unspecified atom stereocenters. The van der Waals surface area contributed by atoms with Crippen molar-refractivity contribution in [2.45, 2.75) is 33.1 Å². The van der Waals surface area contributed by atoms with Gasteiger partial charge in [-0.2, -0.15) is 0 Å². The molecule has 21 heavy (non-hydrogen) atoms. The summed E-state index contributed by atoms with van der Waals surface area (Å²) >= 11 is 0. The van der Waals surface area contributed by atoms with Gasteiger partial charge >= 0.3 is 0 Å². The summed E-state index contributed by atoms with van der Waals surface area (Å²) in [6.45, 7) is 4.14. The maximum atomic E-state index is 14.0. The maximum Gasteiger partial charge on any atom is 0.224 e. The third-order valence-electron chi connectivity index (χ3n) is 3.33. The van der Waals surface area contributed by atoms with Crippen LogP contribution in [0.5, 0.6) is 0 Å². The fourth-order valence-corrected chi connectivity index (χ4v) is 2.32. The summed E-state index contributed by atoms with van der Waals surface area (Å²) in [6, 6.07) is 4.65. The Morgan fingerprint density at radius 1 is 1.48 bits per heavy atom.